The monoisotopic (exact) mass is 281 g/mol. The Bertz CT molecular complexity index is 370. The molecule has 4 nitrogen and oxygen atoms in total. The molecule has 1 rings (SSSR count). The maximum atomic E-state index is 9.86. The van der Waals surface area contributed by atoms with Crippen LogP contribution in [0.3, 0.4) is 0 Å². The van der Waals surface area contributed by atoms with Gasteiger partial charge in [0.2, 0.25) is 0 Å². The Morgan fingerprint density at radius 3 is 2.75 bits per heavy atom. The van der Waals surface area contributed by atoms with Crippen molar-refractivity contribution in [2.75, 3.05) is 33.4 Å². The standard InChI is InChI=1S/C16H27NO3/c1-4-14-6-5-7-16(8-14)20-12-15(18)10-17-9-13(2)11-19-3/h5-8,13,15,17-18H,4,9-12H2,1-3H3. The molecule has 2 unspecified atom stereocenters. The van der Waals surface area contributed by atoms with Gasteiger partial charge in [0.15, 0.2) is 0 Å². The van der Waals surface area contributed by atoms with E-state index in [4.69, 9.17) is 9.47 Å². The molecule has 0 aliphatic heterocycles. The number of aryl methyl sites for hydroxylation is 1. The van der Waals surface area contributed by atoms with E-state index in [1.54, 1.807) is 7.11 Å². The fourth-order valence-electron chi connectivity index (χ4n) is 1.95. The van der Waals surface area contributed by atoms with Gasteiger partial charge < -0.3 is 19.9 Å². The molecule has 2 N–H and O–H groups in total. The maximum Gasteiger partial charge on any atom is 0.119 e. The van der Waals surface area contributed by atoms with Crippen molar-refractivity contribution in [2.45, 2.75) is 26.4 Å². The number of ether oxygens (including phenoxy) is 2. The highest BCUT2D eigenvalue weighted by atomic mass is 16.5. The second kappa shape index (κ2) is 9.75. The topological polar surface area (TPSA) is 50.7 Å². The zero-order valence-corrected chi connectivity index (χ0v) is 12.8. The van der Waals surface area contributed by atoms with Gasteiger partial charge >= 0.3 is 0 Å². The van der Waals surface area contributed by atoms with Gasteiger partial charge in [-0.1, -0.05) is 26.0 Å². The second-order valence-electron chi connectivity index (χ2n) is 5.18. The molecule has 0 radical (unpaired) electrons. The summed E-state index contributed by atoms with van der Waals surface area (Å²) in [6.07, 6.45) is 0.480. The van der Waals surface area contributed by atoms with Crippen LogP contribution in [0.4, 0.5) is 0 Å². The van der Waals surface area contributed by atoms with Gasteiger partial charge in [-0.25, -0.2) is 0 Å². The minimum absolute atomic E-state index is 0.304. The number of nitrogens with one attached hydrogen (secondary N) is 1. The smallest absolute Gasteiger partial charge is 0.119 e. The lowest BCUT2D eigenvalue weighted by atomic mass is 10.2. The zero-order chi connectivity index (χ0) is 14.8. The minimum Gasteiger partial charge on any atom is -0.491 e. The summed E-state index contributed by atoms with van der Waals surface area (Å²) < 4.78 is 10.7. The normalized spacial score (nSPS) is 14.0. The third kappa shape index (κ3) is 6.89. The molecule has 0 bridgehead atoms. The van der Waals surface area contributed by atoms with E-state index < -0.39 is 6.10 Å². The number of benzene rings is 1. The fourth-order valence-corrected chi connectivity index (χ4v) is 1.95. The summed E-state index contributed by atoms with van der Waals surface area (Å²) in [7, 11) is 1.70. The van der Waals surface area contributed by atoms with Crippen LogP contribution < -0.4 is 10.1 Å². The quantitative estimate of drug-likeness (QED) is 0.687. The maximum absolute atomic E-state index is 9.86. The number of hydrogen-bond acceptors (Lipinski definition) is 4. The summed E-state index contributed by atoms with van der Waals surface area (Å²) in [5, 5.41) is 13.1. The van der Waals surface area contributed by atoms with Crippen molar-refractivity contribution in [3.05, 3.63) is 29.8 Å². The molecule has 0 aliphatic rings. The average molecular weight is 281 g/mol. The predicted octanol–water partition coefficient (Wildman–Crippen LogP) is 1.86. The number of rotatable bonds is 10. The summed E-state index contributed by atoms with van der Waals surface area (Å²) in [6, 6.07) is 7.98. The van der Waals surface area contributed by atoms with Crippen molar-refractivity contribution in [3.8, 4) is 5.75 Å². The molecular weight excluding hydrogens is 254 g/mol. The first kappa shape index (κ1) is 17.0. The first-order chi connectivity index (χ1) is 9.65. The first-order valence-electron chi connectivity index (χ1n) is 7.25. The SMILES string of the molecule is CCc1cccc(OCC(O)CNCC(C)COC)c1. The van der Waals surface area contributed by atoms with Crippen LogP contribution in [-0.2, 0) is 11.2 Å². The van der Waals surface area contributed by atoms with Crippen molar-refractivity contribution in [3.63, 3.8) is 0 Å². The molecule has 0 saturated carbocycles. The molecular formula is C16H27NO3. The van der Waals surface area contributed by atoms with E-state index in [2.05, 4.69) is 25.2 Å². The number of hydrogen-bond donors (Lipinski definition) is 2. The third-order valence-corrected chi connectivity index (χ3v) is 3.07. The Labute approximate surface area is 122 Å². The molecule has 0 aliphatic carbocycles. The molecule has 0 saturated heterocycles. The summed E-state index contributed by atoms with van der Waals surface area (Å²) in [4.78, 5) is 0. The van der Waals surface area contributed by atoms with E-state index in [0.717, 1.165) is 25.3 Å². The lowest BCUT2D eigenvalue weighted by Gasteiger charge is -2.16. The Morgan fingerprint density at radius 2 is 2.05 bits per heavy atom. The van der Waals surface area contributed by atoms with E-state index in [1.165, 1.54) is 5.56 Å². The van der Waals surface area contributed by atoms with Gasteiger partial charge in [-0.2, -0.15) is 0 Å². The van der Waals surface area contributed by atoms with E-state index in [0.29, 0.717) is 19.1 Å². The van der Waals surface area contributed by atoms with E-state index in [-0.39, 0.29) is 0 Å². The van der Waals surface area contributed by atoms with Gasteiger partial charge in [-0.15, -0.1) is 0 Å². The molecule has 0 heterocycles. The summed E-state index contributed by atoms with van der Waals surface area (Å²) in [5.74, 6) is 1.26. The van der Waals surface area contributed by atoms with Crippen molar-refractivity contribution >= 4 is 0 Å². The van der Waals surface area contributed by atoms with Crippen LogP contribution in [0.5, 0.6) is 5.75 Å². The molecule has 0 spiro atoms. The molecule has 1 aromatic carbocycles. The van der Waals surface area contributed by atoms with Crippen LogP contribution in [0.1, 0.15) is 19.4 Å². The highest BCUT2D eigenvalue weighted by molar-refractivity contribution is 5.28. The lowest BCUT2D eigenvalue weighted by molar-refractivity contribution is 0.102. The molecule has 0 amide bonds. The Kier molecular flexibility index (Phi) is 8.26. The van der Waals surface area contributed by atoms with Crippen LogP contribution in [0.15, 0.2) is 24.3 Å². The number of methoxy groups -OCH3 is 1. The first-order valence-corrected chi connectivity index (χ1v) is 7.25. The molecule has 20 heavy (non-hydrogen) atoms. The Morgan fingerprint density at radius 1 is 1.25 bits per heavy atom. The second-order valence-corrected chi connectivity index (χ2v) is 5.18. The lowest BCUT2D eigenvalue weighted by Crippen LogP contribution is -2.34. The molecule has 0 aromatic heterocycles. The average Bonchev–Trinajstić information content (AvgIpc) is 2.45. The summed E-state index contributed by atoms with van der Waals surface area (Å²) >= 11 is 0. The van der Waals surface area contributed by atoms with Crippen molar-refractivity contribution in [1.82, 2.24) is 5.32 Å². The Hall–Kier alpha value is -1.10. The van der Waals surface area contributed by atoms with Gasteiger partial charge in [0, 0.05) is 20.3 Å². The van der Waals surface area contributed by atoms with Crippen LogP contribution in [0, 0.1) is 5.92 Å². The third-order valence-electron chi connectivity index (χ3n) is 3.07. The molecule has 114 valence electrons. The van der Waals surface area contributed by atoms with Gasteiger partial charge in [0.05, 0.1) is 0 Å². The minimum atomic E-state index is -0.505. The largest absolute Gasteiger partial charge is 0.491 e. The number of aliphatic hydroxyl groups excluding tert-OH is 1. The Balaban J connectivity index is 2.20. The fraction of sp³-hybridized carbons (Fsp3) is 0.625. The van der Waals surface area contributed by atoms with Crippen LogP contribution in [-0.4, -0.2) is 44.6 Å². The zero-order valence-electron chi connectivity index (χ0n) is 12.8. The van der Waals surface area contributed by atoms with Crippen molar-refractivity contribution in [1.29, 1.82) is 0 Å². The van der Waals surface area contributed by atoms with Crippen LogP contribution in [0.25, 0.3) is 0 Å². The van der Waals surface area contributed by atoms with E-state index in [9.17, 15) is 5.11 Å². The van der Waals surface area contributed by atoms with E-state index in [1.807, 2.05) is 18.2 Å². The highest BCUT2D eigenvalue weighted by Gasteiger charge is 2.07. The van der Waals surface area contributed by atoms with Crippen LogP contribution in [0.2, 0.25) is 0 Å². The van der Waals surface area contributed by atoms with Gasteiger partial charge in [-0.3, -0.25) is 0 Å². The predicted molar refractivity (Wildman–Crippen MR) is 81.2 cm³/mol. The van der Waals surface area contributed by atoms with Gasteiger partial charge in [-0.05, 0) is 36.6 Å². The highest BCUT2D eigenvalue weighted by Crippen LogP contribution is 2.13. The van der Waals surface area contributed by atoms with Crippen molar-refractivity contribution in [2.24, 2.45) is 5.92 Å². The molecule has 2 atom stereocenters. The molecule has 1 aromatic rings. The van der Waals surface area contributed by atoms with Crippen molar-refractivity contribution < 1.29 is 14.6 Å². The summed E-state index contributed by atoms with van der Waals surface area (Å²) in [6.45, 7) is 6.61. The van der Waals surface area contributed by atoms with Gasteiger partial charge in [0.1, 0.15) is 18.5 Å². The van der Waals surface area contributed by atoms with E-state index >= 15 is 0 Å². The number of aliphatic hydroxyl groups is 1. The summed E-state index contributed by atoms with van der Waals surface area (Å²) in [5.41, 5.74) is 1.24. The molecule has 4 heteroatoms. The van der Waals surface area contributed by atoms with Gasteiger partial charge in [0.25, 0.3) is 0 Å². The molecule has 0 fully saturated rings. The van der Waals surface area contributed by atoms with Crippen LogP contribution >= 0.6 is 0 Å².